The third-order valence-electron chi connectivity index (χ3n) is 3.69. The third-order valence-corrected chi connectivity index (χ3v) is 3.69. The molecule has 0 radical (unpaired) electrons. The lowest BCUT2D eigenvalue weighted by molar-refractivity contribution is 0.0947. The molecule has 0 atom stereocenters. The number of anilines is 2. The molecule has 1 heterocycles. The Morgan fingerprint density at radius 3 is 2.64 bits per heavy atom. The molecule has 0 unspecified atom stereocenters. The first-order chi connectivity index (χ1) is 12.0. The molecule has 2 N–H and O–H groups in total. The lowest BCUT2D eigenvalue weighted by Gasteiger charge is -2.13. The molecular weight excluding hydrogens is 318 g/mol. The van der Waals surface area contributed by atoms with Crippen LogP contribution < -0.4 is 20.1 Å². The fraction of sp³-hybridized carbons (Fsp3) is 0.368. The van der Waals surface area contributed by atoms with Crippen LogP contribution >= 0.6 is 0 Å². The number of benzene rings is 1. The molecular formula is C19H25N3O3. The SMILES string of the molecule is COc1ccc(Nc2ccnc(C(=O)NCCC(C)C)c2)c(OC)c1. The van der Waals surface area contributed by atoms with E-state index in [0.717, 1.165) is 17.8 Å². The number of aromatic nitrogens is 1. The van der Waals surface area contributed by atoms with Crippen molar-refractivity contribution in [3.8, 4) is 11.5 Å². The maximum Gasteiger partial charge on any atom is 0.269 e. The zero-order chi connectivity index (χ0) is 18.2. The fourth-order valence-electron chi connectivity index (χ4n) is 2.25. The van der Waals surface area contributed by atoms with Gasteiger partial charge >= 0.3 is 0 Å². The van der Waals surface area contributed by atoms with Gasteiger partial charge in [0.15, 0.2) is 0 Å². The Hall–Kier alpha value is -2.76. The molecule has 1 aromatic carbocycles. The van der Waals surface area contributed by atoms with Gasteiger partial charge in [-0.05, 0) is 36.6 Å². The highest BCUT2D eigenvalue weighted by Gasteiger charge is 2.10. The maximum absolute atomic E-state index is 12.2. The minimum Gasteiger partial charge on any atom is -0.497 e. The zero-order valence-corrected chi connectivity index (χ0v) is 15.1. The molecule has 1 amide bonds. The van der Waals surface area contributed by atoms with Crippen LogP contribution in [0.25, 0.3) is 0 Å². The second-order valence-electron chi connectivity index (χ2n) is 6.06. The molecule has 0 saturated heterocycles. The first kappa shape index (κ1) is 18.6. The van der Waals surface area contributed by atoms with Gasteiger partial charge in [-0.3, -0.25) is 9.78 Å². The molecule has 0 spiro atoms. The van der Waals surface area contributed by atoms with E-state index in [0.29, 0.717) is 29.7 Å². The van der Waals surface area contributed by atoms with Gasteiger partial charge in [-0.15, -0.1) is 0 Å². The van der Waals surface area contributed by atoms with Crippen molar-refractivity contribution in [2.75, 3.05) is 26.1 Å². The predicted molar refractivity (Wildman–Crippen MR) is 98.9 cm³/mol. The number of hydrogen-bond donors (Lipinski definition) is 2. The van der Waals surface area contributed by atoms with Crippen molar-refractivity contribution in [3.63, 3.8) is 0 Å². The summed E-state index contributed by atoms with van der Waals surface area (Å²) in [5.41, 5.74) is 1.91. The summed E-state index contributed by atoms with van der Waals surface area (Å²) in [6.07, 6.45) is 2.54. The van der Waals surface area contributed by atoms with Gasteiger partial charge in [-0.2, -0.15) is 0 Å². The van der Waals surface area contributed by atoms with E-state index in [1.54, 1.807) is 38.6 Å². The van der Waals surface area contributed by atoms with Crippen LogP contribution in [0.4, 0.5) is 11.4 Å². The summed E-state index contributed by atoms with van der Waals surface area (Å²) in [5, 5.41) is 6.13. The van der Waals surface area contributed by atoms with Crippen molar-refractivity contribution in [1.29, 1.82) is 0 Å². The first-order valence-electron chi connectivity index (χ1n) is 8.26. The minimum atomic E-state index is -0.175. The number of carbonyl (C=O) groups excluding carboxylic acids is 1. The molecule has 0 saturated carbocycles. The van der Waals surface area contributed by atoms with Crippen molar-refractivity contribution in [3.05, 3.63) is 42.2 Å². The van der Waals surface area contributed by atoms with Crippen LogP contribution in [0.5, 0.6) is 11.5 Å². The van der Waals surface area contributed by atoms with Crippen LogP contribution in [0.15, 0.2) is 36.5 Å². The molecule has 0 bridgehead atoms. The van der Waals surface area contributed by atoms with Crippen LogP contribution in [0.1, 0.15) is 30.8 Å². The Balaban J connectivity index is 2.10. The Morgan fingerprint density at radius 1 is 1.16 bits per heavy atom. The van der Waals surface area contributed by atoms with Crippen molar-refractivity contribution in [2.45, 2.75) is 20.3 Å². The van der Waals surface area contributed by atoms with Crippen LogP contribution in [0.2, 0.25) is 0 Å². The molecule has 0 aliphatic rings. The predicted octanol–water partition coefficient (Wildman–Crippen LogP) is 3.62. The van der Waals surface area contributed by atoms with Gasteiger partial charge in [0.05, 0.1) is 19.9 Å². The molecule has 25 heavy (non-hydrogen) atoms. The van der Waals surface area contributed by atoms with Gasteiger partial charge in [0.2, 0.25) is 0 Å². The monoisotopic (exact) mass is 343 g/mol. The summed E-state index contributed by atoms with van der Waals surface area (Å²) >= 11 is 0. The average molecular weight is 343 g/mol. The van der Waals surface area contributed by atoms with Gasteiger partial charge in [-0.25, -0.2) is 0 Å². The number of nitrogens with zero attached hydrogens (tertiary/aromatic N) is 1. The van der Waals surface area contributed by atoms with E-state index in [4.69, 9.17) is 9.47 Å². The van der Waals surface area contributed by atoms with Gasteiger partial charge in [-0.1, -0.05) is 13.8 Å². The van der Waals surface area contributed by atoms with E-state index in [2.05, 4.69) is 29.5 Å². The van der Waals surface area contributed by atoms with E-state index < -0.39 is 0 Å². The van der Waals surface area contributed by atoms with Gasteiger partial charge in [0.1, 0.15) is 17.2 Å². The molecule has 0 fully saturated rings. The number of ether oxygens (including phenoxy) is 2. The minimum absolute atomic E-state index is 0.175. The van der Waals surface area contributed by atoms with Crippen molar-refractivity contribution >= 4 is 17.3 Å². The van der Waals surface area contributed by atoms with Crippen molar-refractivity contribution < 1.29 is 14.3 Å². The van der Waals surface area contributed by atoms with E-state index in [9.17, 15) is 4.79 Å². The molecule has 2 aromatic rings. The van der Waals surface area contributed by atoms with Gasteiger partial charge in [0, 0.05) is 24.5 Å². The second-order valence-corrected chi connectivity index (χ2v) is 6.06. The van der Waals surface area contributed by atoms with E-state index >= 15 is 0 Å². The summed E-state index contributed by atoms with van der Waals surface area (Å²) in [5.74, 6) is 1.73. The standard InChI is InChI=1S/C19H25N3O3/c1-13(2)7-9-21-19(23)17-11-14(8-10-20-17)22-16-6-5-15(24-3)12-18(16)25-4/h5-6,8,10-13H,7,9H2,1-4H3,(H,20,22)(H,21,23). The molecule has 0 aliphatic carbocycles. The van der Waals surface area contributed by atoms with Crippen LogP contribution in [0.3, 0.4) is 0 Å². The highest BCUT2D eigenvalue weighted by atomic mass is 16.5. The lowest BCUT2D eigenvalue weighted by atomic mass is 10.1. The quantitative estimate of drug-likeness (QED) is 0.766. The third kappa shape index (κ3) is 5.38. The normalized spacial score (nSPS) is 10.4. The number of pyridine rings is 1. The summed E-state index contributed by atoms with van der Waals surface area (Å²) in [4.78, 5) is 16.3. The van der Waals surface area contributed by atoms with E-state index in [1.165, 1.54) is 0 Å². The van der Waals surface area contributed by atoms with Gasteiger partial charge < -0.3 is 20.1 Å². The van der Waals surface area contributed by atoms with Crippen molar-refractivity contribution in [1.82, 2.24) is 10.3 Å². The fourth-order valence-corrected chi connectivity index (χ4v) is 2.25. The Labute approximate surface area is 148 Å². The summed E-state index contributed by atoms with van der Waals surface area (Å²) in [6.45, 7) is 4.89. The number of amides is 1. The molecule has 134 valence electrons. The molecule has 6 heteroatoms. The Bertz CT molecular complexity index is 717. The maximum atomic E-state index is 12.2. The number of rotatable bonds is 8. The van der Waals surface area contributed by atoms with Gasteiger partial charge in [0.25, 0.3) is 5.91 Å². The molecule has 2 rings (SSSR count). The summed E-state index contributed by atoms with van der Waals surface area (Å²) in [6, 6.07) is 9.01. The Morgan fingerprint density at radius 2 is 1.96 bits per heavy atom. The number of carbonyl (C=O) groups is 1. The van der Waals surface area contributed by atoms with Crippen molar-refractivity contribution in [2.24, 2.45) is 5.92 Å². The molecule has 0 aliphatic heterocycles. The summed E-state index contributed by atoms with van der Waals surface area (Å²) in [7, 11) is 3.20. The topological polar surface area (TPSA) is 72.5 Å². The molecule has 1 aromatic heterocycles. The highest BCUT2D eigenvalue weighted by molar-refractivity contribution is 5.93. The Kier molecular flexibility index (Phi) is 6.62. The second kappa shape index (κ2) is 8.92. The highest BCUT2D eigenvalue weighted by Crippen LogP contribution is 2.31. The number of hydrogen-bond acceptors (Lipinski definition) is 5. The smallest absolute Gasteiger partial charge is 0.269 e. The van der Waals surface area contributed by atoms with Crippen LogP contribution in [-0.4, -0.2) is 31.7 Å². The average Bonchev–Trinajstić information content (AvgIpc) is 2.62. The van der Waals surface area contributed by atoms with Crippen LogP contribution in [-0.2, 0) is 0 Å². The van der Waals surface area contributed by atoms with Crippen LogP contribution in [0, 0.1) is 5.92 Å². The molecule has 6 nitrogen and oxygen atoms in total. The number of methoxy groups -OCH3 is 2. The van der Waals surface area contributed by atoms with E-state index in [-0.39, 0.29) is 5.91 Å². The summed E-state index contributed by atoms with van der Waals surface area (Å²) < 4.78 is 10.6. The van der Waals surface area contributed by atoms with E-state index in [1.807, 2.05) is 12.1 Å². The first-order valence-corrected chi connectivity index (χ1v) is 8.26. The largest absolute Gasteiger partial charge is 0.497 e. The lowest BCUT2D eigenvalue weighted by Crippen LogP contribution is -2.26. The number of nitrogens with one attached hydrogen (secondary N) is 2. The zero-order valence-electron chi connectivity index (χ0n) is 15.1.